The Morgan fingerprint density at radius 2 is 2.31 bits per heavy atom. The summed E-state index contributed by atoms with van der Waals surface area (Å²) in [5, 5.41) is 0. The van der Waals surface area contributed by atoms with Crippen molar-refractivity contribution >= 4 is 6.29 Å². The van der Waals surface area contributed by atoms with Gasteiger partial charge >= 0.3 is 0 Å². The van der Waals surface area contributed by atoms with E-state index in [9.17, 15) is 13.6 Å². The van der Waals surface area contributed by atoms with Crippen molar-refractivity contribution in [3.05, 3.63) is 0 Å². The highest BCUT2D eigenvalue weighted by Crippen LogP contribution is 2.36. The lowest BCUT2D eigenvalue weighted by molar-refractivity contribution is -0.133. The quantitative estimate of drug-likeness (QED) is 0.639. The first-order valence-electron chi connectivity index (χ1n) is 4.39. The molecule has 0 aliphatic carbocycles. The molecule has 1 heterocycles. The van der Waals surface area contributed by atoms with Gasteiger partial charge in [-0.15, -0.1) is 0 Å². The van der Waals surface area contributed by atoms with Crippen LogP contribution >= 0.6 is 0 Å². The topological polar surface area (TPSA) is 26.3 Å². The van der Waals surface area contributed by atoms with Gasteiger partial charge in [0.05, 0.1) is 12.0 Å². The Kier molecular flexibility index (Phi) is 3.01. The molecule has 0 aromatic rings. The molecule has 0 aromatic heterocycles. The third-order valence-corrected chi connectivity index (χ3v) is 2.27. The highest BCUT2D eigenvalue weighted by atomic mass is 19.3. The summed E-state index contributed by atoms with van der Waals surface area (Å²) in [6.45, 7) is 1.55. The molecule has 1 aliphatic heterocycles. The number of carbonyl (C=O) groups is 1. The van der Waals surface area contributed by atoms with Crippen LogP contribution in [0.4, 0.5) is 8.78 Å². The van der Waals surface area contributed by atoms with Gasteiger partial charge in [-0.3, -0.25) is 0 Å². The third-order valence-electron chi connectivity index (χ3n) is 2.27. The minimum Gasteiger partial charge on any atom is -0.380 e. The molecule has 2 nitrogen and oxygen atoms in total. The summed E-state index contributed by atoms with van der Waals surface area (Å²) in [5.74, 6) is -2.79. The molecule has 13 heavy (non-hydrogen) atoms. The summed E-state index contributed by atoms with van der Waals surface area (Å²) in [6, 6.07) is 0. The van der Waals surface area contributed by atoms with Gasteiger partial charge in [-0.25, -0.2) is 8.78 Å². The lowest BCUT2D eigenvalue weighted by Crippen LogP contribution is -2.38. The van der Waals surface area contributed by atoms with Crippen molar-refractivity contribution in [3.8, 4) is 0 Å². The largest absolute Gasteiger partial charge is 0.380 e. The van der Waals surface area contributed by atoms with Crippen molar-refractivity contribution in [2.24, 2.45) is 5.41 Å². The Hall–Kier alpha value is -0.510. The highest BCUT2D eigenvalue weighted by molar-refractivity contribution is 5.59. The van der Waals surface area contributed by atoms with E-state index >= 15 is 0 Å². The number of rotatable bonds is 3. The van der Waals surface area contributed by atoms with Gasteiger partial charge in [0.1, 0.15) is 6.29 Å². The van der Waals surface area contributed by atoms with Crippen molar-refractivity contribution in [2.75, 3.05) is 13.2 Å². The van der Waals surface area contributed by atoms with Crippen molar-refractivity contribution in [1.29, 1.82) is 0 Å². The predicted molar refractivity (Wildman–Crippen MR) is 43.8 cm³/mol. The van der Waals surface area contributed by atoms with Gasteiger partial charge in [0.25, 0.3) is 0 Å². The number of hydrogen-bond donors (Lipinski definition) is 0. The Bertz CT molecular complexity index is 181. The molecule has 1 unspecified atom stereocenters. The smallest absolute Gasteiger partial charge is 0.246 e. The molecule has 1 saturated heterocycles. The Labute approximate surface area is 76.3 Å². The summed E-state index contributed by atoms with van der Waals surface area (Å²) in [6.07, 6.45) is 1.43. The zero-order valence-electron chi connectivity index (χ0n) is 7.69. The first-order chi connectivity index (χ1) is 5.97. The first kappa shape index (κ1) is 10.6. The normalized spacial score (nSPS) is 30.1. The number of hydrogen-bond acceptors (Lipinski definition) is 2. The van der Waals surface area contributed by atoms with Gasteiger partial charge < -0.3 is 9.53 Å². The van der Waals surface area contributed by atoms with Crippen LogP contribution in [-0.2, 0) is 9.53 Å². The molecule has 1 aliphatic rings. The molecule has 1 atom stereocenters. The molecule has 0 amide bonds. The van der Waals surface area contributed by atoms with Crippen LogP contribution < -0.4 is 0 Å². The predicted octanol–water partition coefficient (Wildman–Crippen LogP) is 2.03. The molecule has 0 radical (unpaired) electrons. The van der Waals surface area contributed by atoms with E-state index in [1.165, 1.54) is 0 Å². The Morgan fingerprint density at radius 1 is 1.62 bits per heavy atom. The number of halogens is 2. The standard InChI is InChI=1S/C9H14F2O2/c1-8(10,11)5-9(6-12)3-2-4-13-7-9/h6H,2-5,7H2,1H3. The second-order valence-electron chi connectivity index (χ2n) is 3.88. The molecule has 4 heteroatoms. The molecule has 0 spiro atoms. The fourth-order valence-corrected chi connectivity index (χ4v) is 1.77. The molecular formula is C9H14F2O2. The number of carbonyl (C=O) groups excluding carboxylic acids is 1. The van der Waals surface area contributed by atoms with Crippen LogP contribution in [0.25, 0.3) is 0 Å². The lowest BCUT2D eigenvalue weighted by atomic mass is 9.79. The molecule has 76 valence electrons. The van der Waals surface area contributed by atoms with Crippen molar-refractivity contribution in [3.63, 3.8) is 0 Å². The number of aldehydes is 1. The van der Waals surface area contributed by atoms with Gasteiger partial charge in [-0.05, 0) is 19.8 Å². The van der Waals surface area contributed by atoms with Gasteiger partial charge in [0, 0.05) is 13.0 Å². The Balaban J connectivity index is 2.63. The van der Waals surface area contributed by atoms with E-state index in [1.807, 2.05) is 0 Å². The van der Waals surface area contributed by atoms with E-state index in [4.69, 9.17) is 4.74 Å². The zero-order chi connectivity index (χ0) is 9.95. The SMILES string of the molecule is CC(F)(F)CC1(C=O)CCCOC1. The van der Waals surface area contributed by atoms with Crippen molar-refractivity contribution in [2.45, 2.75) is 32.1 Å². The van der Waals surface area contributed by atoms with Crippen LogP contribution in [0.5, 0.6) is 0 Å². The van der Waals surface area contributed by atoms with Gasteiger partial charge in [-0.2, -0.15) is 0 Å². The van der Waals surface area contributed by atoms with Crippen LogP contribution in [0.3, 0.4) is 0 Å². The summed E-state index contributed by atoms with van der Waals surface area (Å²) < 4.78 is 30.5. The average Bonchev–Trinajstić information content (AvgIpc) is 2.03. The lowest BCUT2D eigenvalue weighted by Gasteiger charge is -2.33. The monoisotopic (exact) mass is 192 g/mol. The minimum absolute atomic E-state index is 0.139. The summed E-state index contributed by atoms with van der Waals surface area (Å²) in [4.78, 5) is 10.7. The van der Waals surface area contributed by atoms with E-state index in [-0.39, 0.29) is 6.61 Å². The second kappa shape index (κ2) is 3.70. The molecule has 0 N–H and O–H groups in total. The fourth-order valence-electron chi connectivity index (χ4n) is 1.77. The summed E-state index contributed by atoms with van der Waals surface area (Å²) >= 11 is 0. The molecule has 0 saturated carbocycles. The van der Waals surface area contributed by atoms with Gasteiger partial charge in [0.2, 0.25) is 5.92 Å². The molecule has 1 rings (SSSR count). The van der Waals surface area contributed by atoms with Gasteiger partial charge in [-0.1, -0.05) is 0 Å². The highest BCUT2D eigenvalue weighted by Gasteiger charge is 2.40. The van der Waals surface area contributed by atoms with Crippen LogP contribution in [0.2, 0.25) is 0 Å². The van der Waals surface area contributed by atoms with Crippen LogP contribution in [0.1, 0.15) is 26.2 Å². The molecule has 0 bridgehead atoms. The third kappa shape index (κ3) is 3.03. The van der Waals surface area contributed by atoms with Crippen LogP contribution in [0.15, 0.2) is 0 Å². The van der Waals surface area contributed by atoms with E-state index in [1.54, 1.807) is 0 Å². The average molecular weight is 192 g/mol. The van der Waals surface area contributed by atoms with E-state index in [0.717, 1.165) is 6.92 Å². The molecular weight excluding hydrogens is 178 g/mol. The maximum absolute atomic E-state index is 12.7. The van der Waals surface area contributed by atoms with Crippen molar-refractivity contribution < 1.29 is 18.3 Å². The first-order valence-corrected chi connectivity index (χ1v) is 4.39. The van der Waals surface area contributed by atoms with E-state index in [2.05, 4.69) is 0 Å². The molecule has 1 fully saturated rings. The van der Waals surface area contributed by atoms with E-state index < -0.39 is 17.8 Å². The number of ether oxygens (including phenoxy) is 1. The Morgan fingerprint density at radius 3 is 2.69 bits per heavy atom. The van der Waals surface area contributed by atoms with E-state index in [0.29, 0.717) is 25.7 Å². The zero-order valence-corrected chi connectivity index (χ0v) is 7.69. The fraction of sp³-hybridized carbons (Fsp3) is 0.889. The second-order valence-corrected chi connectivity index (χ2v) is 3.88. The summed E-state index contributed by atoms with van der Waals surface area (Å²) in [5.41, 5.74) is -0.948. The van der Waals surface area contributed by atoms with Crippen LogP contribution in [-0.4, -0.2) is 25.4 Å². The maximum Gasteiger partial charge on any atom is 0.246 e. The minimum atomic E-state index is -2.79. The number of alkyl halides is 2. The van der Waals surface area contributed by atoms with Crippen molar-refractivity contribution in [1.82, 2.24) is 0 Å². The molecule has 0 aromatic carbocycles. The van der Waals surface area contributed by atoms with Gasteiger partial charge in [0.15, 0.2) is 0 Å². The summed E-state index contributed by atoms with van der Waals surface area (Å²) in [7, 11) is 0. The maximum atomic E-state index is 12.7. The van der Waals surface area contributed by atoms with Crippen LogP contribution in [0, 0.1) is 5.41 Å².